The van der Waals surface area contributed by atoms with E-state index in [9.17, 15) is 14.0 Å². The normalized spacial score (nSPS) is 11.6. The van der Waals surface area contributed by atoms with Crippen molar-refractivity contribution in [2.45, 2.75) is 32.9 Å². The Kier molecular flexibility index (Phi) is 7.74. The molecule has 1 aromatic heterocycles. The van der Waals surface area contributed by atoms with Gasteiger partial charge in [-0.3, -0.25) is 4.79 Å². The van der Waals surface area contributed by atoms with Crippen molar-refractivity contribution >= 4 is 12.0 Å². The van der Waals surface area contributed by atoms with Gasteiger partial charge in [0.15, 0.2) is 0 Å². The van der Waals surface area contributed by atoms with E-state index in [1.54, 1.807) is 24.4 Å². The molecule has 2 aromatic rings. The molecule has 28 heavy (non-hydrogen) atoms. The van der Waals surface area contributed by atoms with Gasteiger partial charge >= 0.3 is 6.09 Å². The van der Waals surface area contributed by atoms with Crippen LogP contribution in [0, 0.1) is 11.7 Å². The van der Waals surface area contributed by atoms with Crippen LogP contribution >= 0.6 is 0 Å². The molecule has 0 aliphatic rings. The molecule has 1 aromatic carbocycles. The molecule has 2 N–H and O–H groups in total. The maximum Gasteiger partial charge on any atom is 0.407 e. The van der Waals surface area contributed by atoms with Gasteiger partial charge in [-0.15, -0.1) is 0 Å². The molecule has 0 aliphatic carbocycles. The predicted molar refractivity (Wildman–Crippen MR) is 101 cm³/mol. The molecule has 2 rings (SSSR count). The van der Waals surface area contributed by atoms with Crippen LogP contribution < -0.4 is 15.4 Å². The molecule has 1 heterocycles. The summed E-state index contributed by atoms with van der Waals surface area (Å²) < 4.78 is 23.6. The fourth-order valence-corrected chi connectivity index (χ4v) is 2.50. The van der Waals surface area contributed by atoms with Crippen molar-refractivity contribution in [1.82, 2.24) is 15.6 Å². The summed E-state index contributed by atoms with van der Waals surface area (Å²) in [5.41, 5.74) is 0.612. The zero-order valence-electron chi connectivity index (χ0n) is 16.1. The zero-order chi connectivity index (χ0) is 20.5. The molecular weight excluding hydrogens is 365 g/mol. The molecule has 0 saturated heterocycles. The van der Waals surface area contributed by atoms with Gasteiger partial charge in [0.2, 0.25) is 11.8 Å². The van der Waals surface area contributed by atoms with Crippen LogP contribution in [-0.4, -0.2) is 30.1 Å². The monoisotopic (exact) mass is 389 g/mol. The topological polar surface area (TPSA) is 89.5 Å². The van der Waals surface area contributed by atoms with E-state index >= 15 is 0 Å². The first-order chi connectivity index (χ1) is 13.4. The quantitative estimate of drug-likeness (QED) is 0.722. The van der Waals surface area contributed by atoms with Gasteiger partial charge in [-0.1, -0.05) is 26.0 Å². The van der Waals surface area contributed by atoms with E-state index in [2.05, 4.69) is 20.4 Å². The van der Waals surface area contributed by atoms with Crippen molar-refractivity contribution < 1.29 is 23.5 Å². The fraction of sp³-hybridized carbons (Fsp3) is 0.350. The summed E-state index contributed by atoms with van der Waals surface area (Å²) >= 11 is 0. The summed E-state index contributed by atoms with van der Waals surface area (Å²) in [4.78, 5) is 28.2. The maximum absolute atomic E-state index is 13.3. The molecule has 1 unspecified atom stereocenters. The number of nitrogens with one attached hydrogen (secondary N) is 2. The molecule has 1 atom stereocenters. The summed E-state index contributed by atoms with van der Waals surface area (Å²) in [6, 6.07) is 8.43. The number of aromatic nitrogens is 1. The minimum absolute atomic E-state index is 0.134. The number of alkyl carbamates (subject to hydrolysis) is 1. The number of carbonyl (C=O) groups excluding carboxylic acids is 2. The van der Waals surface area contributed by atoms with Crippen molar-refractivity contribution in [2.24, 2.45) is 5.92 Å². The standard InChI is InChI=1S/C20H24FN3O4/c1-13(2)10-17(24-20(26)27-3)18(25)23-12-14-6-5-9-22-19(14)28-16-8-4-7-15(21)11-16/h4-9,11,13,17H,10,12H2,1-3H3,(H,23,25)(H,24,26). The van der Waals surface area contributed by atoms with Gasteiger partial charge in [0.25, 0.3) is 0 Å². The summed E-state index contributed by atoms with van der Waals surface area (Å²) in [5, 5.41) is 5.30. The fourth-order valence-electron chi connectivity index (χ4n) is 2.50. The lowest BCUT2D eigenvalue weighted by molar-refractivity contribution is -0.123. The van der Waals surface area contributed by atoms with Gasteiger partial charge < -0.3 is 20.1 Å². The zero-order valence-corrected chi connectivity index (χ0v) is 16.1. The highest BCUT2D eigenvalue weighted by Gasteiger charge is 2.22. The number of pyridine rings is 1. The third-order valence-corrected chi connectivity index (χ3v) is 3.81. The Bertz CT molecular complexity index is 814. The predicted octanol–water partition coefficient (Wildman–Crippen LogP) is 3.40. The highest BCUT2D eigenvalue weighted by molar-refractivity contribution is 5.85. The Labute approximate surface area is 163 Å². The van der Waals surface area contributed by atoms with Crippen LogP contribution in [-0.2, 0) is 16.1 Å². The van der Waals surface area contributed by atoms with Gasteiger partial charge in [-0.05, 0) is 30.5 Å². The Balaban J connectivity index is 2.06. The summed E-state index contributed by atoms with van der Waals surface area (Å²) in [5.74, 6) is -0.0161. The number of hydrogen-bond acceptors (Lipinski definition) is 5. The summed E-state index contributed by atoms with van der Waals surface area (Å²) in [7, 11) is 1.24. The largest absolute Gasteiger partial charge is 0.453 e. The second-order valence-electron chi connectivity index (χ2n) is 6.56. The van der Waals surface area contributed by atoms with Gasteiger partial charge in [0, 0.05) is 24.4 Å². The minimum atomic E-state index is -0.725. The first kappa shape index (κ1) is 21.1. The van der Waals surface area contributed by atoms with E-state index in [4.69, 9.17) is 4.74 Å². The molecule has 7 nitrogen and oxygen atoms in total. The Morgan fingerprint density at radius 2 is 2.00 bits per heavy atom. The molecule has 0 saturated carbocycles. The Hall–Kier alpha value is -3.16. The van der Waals surface area contributed by atoms with Crippen LogP contribution in [0.1, 0.15) is 25.8 Å². The number of carbonyl (C=O) groups is 2. The highest BCUT2D eigenvalue weighted by atomic mass is 19.1. The van der Waals surface area contributed by atoms with Crippen LogP contribution in [0.4, 0.5) is 9.18 Å². The minimum Gasteiger partial charge on any atom is -0.453 e. The van der Waals surface area contributed by atoms with E-state index in [-0.39, 0.29) is 24.2 Å². The number of ether oxygens (including phenoxy) is 2. The second-order valence-corrected chi connectivity index (χ2v) is 6.56. The molecule has 0 bridgehead atoms. The van der Waals surface area contributed by atoms with E-state index in [1.807, 2.05) is 13.8 Å². The lowest BCUT2D eigenvalue weighted by atomic mass is 10.0. The number of halogens is 1. The molecule has 0 fully saturated rings. The van der Waals surface area contributed by atoms with Crippen molar-refractivity contribution in [1.29, 1.82) is 0 Å². The highest BCUT2D eigenvalue weighted by Crippen LogP contribution is 2.23. The molecule has 0 aliphatic heterocycles. The third-order valence-electron chi connectivity index (χ3n) is 3.81. The van der Waals surface area contributed by atoms with Crippen LogP contribution in [0.25, 0.3) is 0 Å². The van der Waals surface area contributed by atoms with Crippen molar-refractivity contribution in [3.8, 4) is 11.6 Å². The van der Waals surface area contributed by atoms with Crippen molar-refractivity contribution in [2.75, 3.05) is 7.11 Å². The molecule has 0 spiro atoms. The summed E-state index contributed by atoms with van der Waals surface area (Å²) in [6.07, 6.45) is 1.33. The SMILES string of the molecule is COC(=O)NC(CC(C)C)C(=O)NCc1cccnc1Oc1cccc(F)c1. The lowest BCUT2D eigenvalue weighted by Gasteiger charge is -2.19. The Morgan fingerprint density at radius 1 is 1.21 bits per heavy atom. The van der Waals surface area contributed by atoms with E-state index < -0.39 is 18.0 Å². The van der Waals surface area contributed by atoms with Gasteiger partial charge in [0.05, 0.1) is 7.11 Å². The smallest absolute Gasteiger partial charge is 0.407 e. The average molecular weight is 389 g/mol. The number of amides is 2. The molecule has 2 amide bonds. The number of methoxy groups -OCH3 is 1. The van der Waals surface area contributed by atoms with Gasteiger partial charge in [-0.25, -0.2) is 14.2 Å². The lowest BCUT2D eigenvalue weighted by Crippen LogP contribution is -2.47. The number of benzene rings is 1. The van der Waals surface area contributed by atoms with Gasteiger partial charge in [-0.2, -0.15) is 0 Å². The molecular formula is C20H24FN3O4. The molecule has 0 radical (unpaired) electrons. The number of rotatable bonds is 8. The van der Waals surface area contributed by atoms with Crippen LogP contribution in [0.3, 0.4) is 0 Å². The number of hydrogen-bond donors (Lipinski definition) is 2. The third kappa shape index (κ3) is 6.53. The van der Waals surface area contributed by atoms with E-state index in [1.165, 1.54) is 25.3 Å². The van der Waals surface area contributed by atoms with Crippen LogP contribution in [0.5, 0.6) is 11.6 Å². The van der Waals surface area contributed by atoms with Crippen LogP contribution in [0.15, 0.2) is 42.6 Å². The van der Waals surface area contributed by atoms with Gasteiger partial charge in [0.1, 0.15) is 17.6 Å². The number of nitrogens with zero attached hydrogens (tertiary/aromatic N) is 1. The van der Waals surface area contributed by atoms with E-state index in [0.717, 1.165) is 0 Å². The van der Waals surface area contributed by atoms with Crippen molar-refractivity contribution in [3.63, 3.8) is 0 Å². The maximum atomic E-state index is 13.3. The van der Waals surface area contributed by atoms with Crippen molar-refractivity contribution in [3.05, 3.63) is 54.0 Å². The Morgan fingerprint density at radius 3 is 2.68 bits per heavy atom. The second kappa shape index (κ2) is 10.2. The summed E-state index contributed by atoms with van der Waals surface area (Å²) in [6.45, 7) is 4.03. The average Bonchev–Trinajstić information content (AvgIpc) is 2.66. The molecule has 8 heteroatoms. The molecule has 150 valence electrons. The van der Waals surface area contributed by atoms with E-state index in [0.29, 0.717) is 17.7 Å². The first-order valence-corrected chi connectivity index (χ1v) is 8.88. The first-order valence-electron chi connectivity index (χ1n) is 8.88. The van der Waals surface area contributed by atoms with Crippen LogP contribution in [0.2, 0.25) is 0 Å².